The minimum atomic E-state index is -4.04. The summed E-state index contributed by atoms with van der Waals surface area (Å²) < 4.78 is 58.2. The number of carbonyl (C=O) groups is 1. The number of anilines is 1. The van der Waals surface area contributed by atoms with Crippen molar-refractivity contribution in [2.75, 3.05) is 11.0 Å². The Hall–Kier alpha value is -2.67. The fourth-order valence-electron chi connectivity index (χ4n) is 3.62. The topological polar surface area (TPSA) is 131 Å². The molecule has 0 saturated carbocycles. The number of benzene rings is 3. The summed E-state index contributed by atoms with van der Waals surface area (Å²) in [5, 5.41) is 10.4. The molecule has 4 aromatic rings. The molecule has 4 rings (SSSR count). The van der Waals surface area contributed by atoms with Crippen LogP contribution in [0.1, 0.15) is 28.6 Å². The van der Waals surface area contributed by atoms with E-state index < -0.39 is 19.9 Å². The van der Waals surface area contributed by atoms with Crippen LogP contribution in [0.5, 0.6) is 5.75 Å². The summed E-state index contributed by atoms with van der Waals surface area (Å²) in [6.07, 6.45) is 1.46. The molecule has 0 radical (unpaired) electrons. The highest BCUT2D eigenvalue weighted by Crippen LogP contribution is 2.36. The molecular weight excluding hydrogens is 638 g/mol. The van der Waals surface area contributed by atoms with Crippen molar-refractivity contribution in [3.05, 3.63) is 80.4 Å². The number of aryl methyl sites for hydroxylation is 1. The number of hydrogen-bond acceptors (Lipinski definition) is 7. The molecule has 0 unspecified atom stereocenters. The first-order valence-electron chi connectivity index (χ1n) is 10.4. The van der Waals surface area contributed by atoms with E-state index in [1.807, 2.05) is 6.92 Å². The molecule has 0 atom stereocenters. The zero-order valence-corrected chi connectivity index (χ0v) is 23.7. The third-order valence-corrected chi connectivity index (χ3v) is 9.12. The molecule has 0 aliphatic rings. The first-order valence-corrected chi connectivity index (χ1v) is 15.4. The van der Waals surface area contributed by atoms with Gasteiger partial charge in [0.15, 0.2) is 15.6 Å². The lowest BCUT2D eigenvalue weighted by Crippen LogP contribution is -2.13. The molecule has 3 aromatic carbocycles. The van der Waals surface area contributed by atoms with Crippen LogP contribution in [0.4, 0.5) is 5.69 Å². The average molecular weight is 657 g/mol. The van der Waals surface area contributed by atoms with Crippen LogP contribution in [0.2, 0.25) is 0 Å². The summed E-state index contributed by atoms with van der Waals surface area (Å²) in [6, 6.07) is 12.6. The molecule has 8 nitrogen and oxygen atoms in total. The number of rotatable bonds is 7. The normalized spacial score (nSPS) is 12.1. The molecule has 0 aliphatic carbocycles. The number of sulfonamides is 1. The summed E-state index contributed by atoms with van der Waals surface area (Å²) in [5.41, 5.74) is 1.03. The van der Waals surface area contributed by atoms with Gasteiger partial charge in [0, 0.05) is 35.4 Å². The minimum Gasteiger partial charge on any atom is -0.506 e. The summed E-state index contributed by atoms with van der Waals surface area (Å²) in [7, 11) is -7.45. The fraction of sp³-hybridized carbons (Fsp3) is 0.125. The Balaban J connectivity index is 1.72. The molecule has 12 heteroatoms. The van der Waals surface area contributed by atoms with Gasteiger partial charge in [0.1, 0.15) is 17.1 Å². The van der Waals surface area contributed by atoms with Crippen LogP contribution in [-0.4, -0.2) is 34.0 Å². The lowest BCUT2D eigenvalue weighted by Gasteiger charge is -2.09. The minimum absolute atomic E-state index is 0.0346. The molecular formula is C24H19Br2NO7S2. The van der Waals surface area contributed by atoms with Crippen LogP contribution >= 0.6 is 31.9 Å². The lowest BCUT2D eigenvalue weighted by molar-refractivity contribution is 0.103. The number of aromatic hydroxyl groups is 1. The summed E-state index contributed by atoms with van der Waals surface area (Å²) >= 11 is 6.45. The predicted octanol–water partition coefficient (Wildman–Crippen LogP) is 5.66. The third kappa shape index (κ3) is 5.08. The molecule has 0 spiro atoms. The van der Waals surface area contributed by atoms with E-state index in [1.54, 1.807) is 0 Å². The number of sulfone groups is 1. The van der Waals surface area contributed by atoms with Gasteiger partial charge in [-0.05, 0) is 80.4 Å². The van der Waals surface area contributed by atoms with Crippen LogP contribution in [0.15, 0.2) is 77.8 Å². The van der Waals surface area contributed by atoms with Gasteiger partial charge in [-0.15, -0.1) is 0 Å². The van der Waals surface area contributed by atoms with Crippen LogP contribution < -0.4 is 4.72 Å². The van der Waals surface area contributed by atoms with E-state index in [1.165, 1.54) is 54.6 Å². The Morgan fingerprint density at radius 3 is 2.08 bits per heavy atom. The van der Waals surface area contributed by atoms with Crippen molar-refractivity contribution >= 4 is 74.2 Å². The van der Waals surface area contributed by atoms with Gasteiger partial charge < -0.3 is 9.52 Å². The number of fused-ring (bicyclic) bond motifs is 1. The Morgan fingerprint density at radius 1 is 0.944 bits per heavy atom. The van der Waals surface area contributed by atoms with Gasteiger partial charge in [-0.1, -0.05) is 6.92 Å². The van der Waals surface area contributed by atoms with Crippen LogP contribution in [0.25, 0.3) is 11.0 Å². The summed E-state index contributed by atoms with van der Waals surface area (Å²) in [5.74, 6) is 0.0218. The first kappa shape index (κ1) is 26.4. The van der Waals surface area contributed by atoms with Crippen molar-refractivity contribution < 1.29 is 31.2 Å². The van der Waals surface area contributed by atoms with Crippen LogP contribution in [0, 0.1) is 0 Å². The maximum atomic E-state index is 13.4. The van der Waals surface area contributed by atoms with Crippen LogP contribution in [0.3, 0.4) is 0 Å². The molecule has 1 aromatic heterocycles. The molecule has 36 heavy (non-hydrogen) atoms. The molecule has 0 saturated heterocycles. The predicted molar refractivity (Wildman–Crippen MR) is 143 cm³/mol. The Morgan fingerprint density at radius 2 is 1.53 bits per heavy atom. The smallest absolute Gasteiger partial charge is 0.262 e. The third-order valence-electron chi connectivity index (χ3n) is 5.41. The van der Waals surface area contributed by atoms with E-state index in [9.17, 15) is 26.7 Å². The molecule has 0 bridgehead atoms. The quantitative estimate of drug-likeness (QED) is 0.245. The molecule has 1 heterocycles. The van der Waals surface area contributed by atoms with E-state index in [-0.39, 0.29) is 32.6 Å². The van der Waals surface area contributed by atoms with Crippen molar-refractivity contribution in [3.8, 4) is 5.75 Å². The second-order valence-corrected chi connectivity index (χ2v) is 13.3. The lowest BCUT2D eigenvalue weighted by atomic mass is 9.99. The summed E-state index contributed by atoms with van der Waals surface area (Å²) in [6.45, 7) is 1.82. The van der Waals surface area contributed by atoms with E-state index in [0.29, 0.717) is 37.6 Å². The second-order valence-electron chi connectivity index (χ2n) is 7.93. The molecule has 188 valence electrons. The Labute approximate surface area is 224 Å². The summed E-state index contributed by atoms with van der Waals surface area (Å²) in [4.78, 5) is 13.4. The number of furan rings is 1. The van der Waals surface area contributed by atoms with Crippen LogP contribution in [-0.2, 0) is 26.3 Å². The van der Waals surface area contributed by atoms with Gasteiger partial charge in [0.2, 0.25) is 0 Å². The highest BCUT2D eigenvalue weighted by molar-refractivity contribution is 9.11. The molecule has 2 N–H and O–H groups in total. The zero-order chi connectivity index (χ0) is 26.4. The number of hydrogen-bond donors (Lipinski definition) is 2. The highest BCUT2D eigenvalue weighted by atomic mass is 79.9. The number of halogens is 2. The largest absolute Gasteiger partial charge is 0.506 e. The van der Waals surface area contributed by atoms with Crippen molar-refractivity contribution in [1.82, 2.24) is 0 Å². The standard InChI is InChI=1S/C24H19Br2NO7S2/c1-3-20-22(23(28)13-10-18(25)24(29)19(26)11-13)17-9-8-16(12-21(17)34-20)36(32,33)27-14-4-6-15(7-5-14)35(2,30)31/h4-12,27,29H,3H2,1-2H3. The van der Waals surface area contributed by atoms with Crippen molar-refractivity contribution in [2.24, 2.45) is 0 Å². The maximum absolute atomic E-state index is 13.4. The Kier molecular flexibility index (Phi) is 7.08. The van der Waals surface area contributed by atoms with E-state index in [2.05, 4.69) is 36.6 Å². The zero-order valence-electron chi connectivity index (χ0n) is 18.9. The van der Waals surface area contributed by atoms with E-state index >= 15 is 0 Å². The highest BCUT2D eigenvalue weighted by Gasteiger charge is 2.24. The number of ketones is 1. The molecule has 0 aliphatic heterocycles. The van der Waals surface area contributed by atoms with Gasteiger partial charge >= 0.3 is 0 Å². The van der Waals surface area contributed by atoms with Gasteiger partial charge in [-0.3, -0.25) is 9.52 Å². The maximum Gasteiger partial charge on any atom is 0.262 e. The molecule has 0 amide bonds. The number of phenolic OH excluding ortho intramolecular Hbond substituents is 1. The van der Waals surface area contributed by atoms with Crippen molar-refractivity contribution in [2.45, 2.75) is 23.1 Å². The Bertz CT molecular complexity index is 1700. The number of phenols is 1. The first-order chi connectivity index (χ1) is 16.8. The number of carbonyl (C=O) groups excluding carboxylic acids is 1. The van der Waals surface area contributed by atoms with Crippen molar-refractivity contribution in [1.29, 1.82) is 0 Å². The van der Waals surface area contributed by atoms with Gasteiger partial charge in [-0.2, -0.15) is 0 Å². The average Bonchev–Trinajstić information content (AvgIpc) is 3.19. The van der Waals surface area contributed by atoms with E-state index in [4.69, 9.17) is 4.42 Å². The monoisotopic (exact) mass is 655 g/mol. The number of nitrogens with one attached hydrogen (secondary N) is 1. The SMILES string of the molecule is CCc1oc2cc(S(=O)(=O)Nc3ccc(S(C)(=O)=O)cc3)ccc2c1C(=O)c1cc(Br)c(O)c(Br)c1. The fourth-order valence-corrected chi connectivity index (χ4v) is 6.51. The van der Waals surface area contributed by atoms with Gasteiger partial charge in [0.25, 0.3) is 10.0 Å². The van der Waals surface area contributed by atoms with E-state index in [0.717, 1.165) is 6.26 Å². The molecule has 0 fully saturated rings. The van der Waals surface area contributed by atoms with Gasteiger partial charge in [0.05, 0.1) is 24.3 Å². The second kappa shape index (κ2) is 9.66. The van der Waals surface area contributed by atoms with Crippen molar-refractivity contribution in [3.63, 3.8) is 0 Å². The van der Waals surface area contributed by atoms with Gasteiger partial charge in [-0.25, -0.2) is 16.8 Å².